The predicted octanol–water partition coefficient (Wildman–Crippen LogP) is 11.4. The van der Waals surface area contributed by atoms with Crippen molar-refractivity contribution in [3.05, 3.63) is 244 Å². The number of aromatic nitrogens is 1. The van der Waals surface area contributed by atoms with Gasteiger partial charge in [0, 0.05) is 79.8 Å². The maximum absolute atomic E-state index is 15.3. The van der Waals surface area contributed by atoms with E-state index in [1.165, 1.54) is 74.5 Å². The number of rotatable bonds is 17. The summed E-state index contributed by atoms with van der Waals surface area (Å²) in [6.45, 7) is 6.31. The molecule has 12 rings (SSSR count). The number of nitro groups is 2. The summed E-state index contributed by atoms with van der Waals surface area (Å²) in [6.07, 6.45) is 4.21. The van der Waals surface area contributed by atoms with Gasteiger partial charge in [0.25, 0.3) is 23.8 Å². The van der Waals surface area contributed by atoms with E-state index in [1.807, 2.05) is 18.2 Å². The van der Waals surface area contributed by atoms with Gasteiger partial charge in [0.1, 0.15) is 40.4 Å². The van der Waals surface area contributed by atoms with Gasteiger partial charge in [-0.3, -0.25) is 44.4 Å². The minimum absolute atomic E-state index is 0.0143. The first kappa shape index (κ1) is 64.5. The number of aryl methyl sites for hydroxylation is 3. The van der Waals surface area contributed by atoms with Crippen LogP contribution in [0.4, 0.5) is 28.9 Å². The molecular weight excluding hydrogens is 1230 g/mol. The topological polar surface area (TPSA) is 297 Å². The monoisotopic (exact) mass is 1280 g/mol. The number of hydrogen-bond donors (Lipinski definition) is 1. The molecule has 4 aliphatic rings. The molecule has 0 saturated carbocycles. The second kappa shape index (κ2) is 26.9. The fourth-order valence-electron chi connectivity index (χ4n) is 10.8. The highest BCUT2D eigenvalue weighted by Crippen LogP contribution is 2.59. The van der Waals surface area contributed by atoms with Gasteiger partial charge < -0.3 is 47.9 Å². The molecule has 0 bridgehead atoms. The highest BCUT2D eigenvalue weighted by molar-refractivity contribution is 6.01. The van der Waals surface area contributed by atoms with Crippen molar-refractivity contribution in [2.75, 3.05) is 33.0 Å². The molecule has 476 valence electrons. The van der Waals surface area contributed by atoms with E-state index in [0.29, 0.717) is 12.0 Å². The average Bonchev–Trinajstić information content (AvgIpc) is 1.63. The van der Waals surface area contributed by atoms with Gasteiger partial charge in [0.15, 0.2) is 34.3 Å². The third-order valence-electron chi connectivity index (χ3n) is 14.9. The minimum atomic E-state index is -1.92. The number of carbonyl (C=O) groups excluding carboxylic acids is 6. The largest absolute Gasteiger partial charge is 0.456 e. The van der Waals surface area contributed by atoms with E-state index in [2.05, 4.69) is 10.3 Å². The highest BCUT2D eigenvalue weighted by Gasteiger charge is 2.56. The molecule has 7 aromatic carbocycles. The molecule has 5 heterocycles. The molecule has 0 aliphatic carbocycles. The number of nitrogens with zero attached hydrogens (tertiary/aromatic N) is 3. The summed E-state index contributed by atoms with van der Waals surface area (Å²) in [7, 11) is 0. The lowest BCUT2D eigenvalue weighted by atomic mass is 9.77. The van der Waals surface area contributed by atoms with Crippen LogP contribution in [-0.2, 0) is 51.0 Å². The van der Waals surface area contributed by atoms with Crippen LogP contribution in [0.2, 0.25) is 0 Å². The van der Waals surface area contributed by atoms with Gasteiger partial charge >= 0.3 is 23.9 Å². The molecule has 1 N–H and O–H groups in total. The SMILES string of the molecule is CC(=O)Oc1cc2c(cc1F)C1(OC(=O)c3ccc(C(=O)NCCOCCOCCCc4ccc([N+](=O)[O-])cc4[N+](=O)[O-])cc31)c1cc(F)c(C)cc1O2.CC(=O)Oc1cc2c(cc1F)C1(OC(=O)c3ccc(OC=O)cc31)c1cc(F)c(C)cc1O2.c1ccncc1. The van der Waals surface area contributed by atoms with Gasteiger partial charge in [-0.1, -0.05) is 6.07 Å². The van der Waals surface area contributed by atoms with Crippen LogP contribution in [-0.4, -0.2) is 84.1 Å². The van der Waals surface area contributed by atoms with Gasteiger partial charge in [-0.15, -0.1) is 0 Å². The maximum Gasteiger partial charge on any atom is 0.340 e. The van der Waals surface area contributed by atoms with Crippen LogP contribution in [0.5, 0.6) is 40.2 Å². The maximum atomic E-state index is 15.3. The molecule has 2 atom stereocenters. The van der Waals surface area contributed by atoms with E-state index in [1.54, 1.807) is 12.4 Å². The number of fused-ring (bicyclic) bond motifs is 12. The van der Waals surface area contributed by atoms with Gasteiger partial charge in [-0.2, -0.15) is 0 Å². The highest BCUT2D eigenvalue weighted by atomic mass is 19.1. The van der Waals surface area contributed by atoms with Gasteiger partial charge in [0.05, 0.1) is 69.1 Å². The molecular formula is C66H50F4N4O19. The quantitative estimate of drug-likeness (QED) is 0.0168. The van der Waals surface area contributed by atoms with Crippen molar-refractivity contribution in [1.29, 1.82) is 0 Å². The summed E-state index contributed by atoms with van der Waals surface area (Å²) < 4.78 is 110. The number of nitrogens with one attached hydrogen (secondary N) is 1. The molecule has 4 aliphatic heterocycles. The van der Waals surface area contributed by atoms with Crippen molar-refractivity contribution >= 4 is 47.6 Å². The number of nitro benzene ring substituents is 2. The summed E-state index contributed by atoms with van der Waals surface area (Å²) in [6, 6.07) is 27.0. The van der Waals surface area contributed by atoms with Crippen LogP contribution >= 0.6 is 0 Å². The zero-order valence-electron chi connectivity index (χ0n) is 49.3. The van der Waals surface area contributed by atoms with Crippen LogP contribution < -0.4 is 29.0 Å². The van der Waals surface area contributed by atoms with E-state index < -0.39 is 79.9 Å². The first-order valence-corrected chi connectivity index (χ1v) is 28.1. The van der Waals surface area contributed by atoms with E-state index in [-0.39, 0.29) is 153 Å². The first-order valence-electron chi connectivity index (χ1n) is 28.1. The van der Waals surface area contributed by atoms with Gasteiger partial charge in [0.2, 0.25) is 0 Å². The molecule has 1 aromatic heterocycles. The number of ether oxygens (including phenoxy) is 9. The second-order valence-corrected chi connectivity index (χ2v) is 20.9. The van der Waals surface area contributed by atoms with Crippen LogP contribution in [0.1, 0.15) is 101 Å². The second-order valence-electron chi connectivity index (χ2n) is 20.9. The normalized spacial score (nSPS) is 15.4. The Balaban J connectivity index is 0.000000204. The Morgan fingerprint density at radius 1 is 0.591 bits per heavy atom. The Morgan fingerprint density at radius 3 is 1.58 bits per heavy atom. The molecule has 93 heavy (non-hydrogen) atoms. The Kier molecular flexibility index (Phi) is 18.7. The lowest BCUT2D eigenvalue weighted by molar-refractivity contribution is -0.394. The summed E-state index contributed by atoms with van der Waals surface area (Å²) >= 11 is 0. The van der Waals surface area contributed by atoms with Gasteiger partial charge in [-0.25, -0.2) is 27.2 Å². The molecule has 23 nitrogen and oxygen atoms in total. The lowest BCUT2D eigenvalue weighted by Crippen LogP contribution is -2.34. The Morgan fingerprint density at radius 2 is 1.10 bits per heavy atom. The summed E-state index contributed by atoms with van der Waals surface area (Å²) in [5.74, 6) is -7.19. The fraction of sp³-hybridized carbons (Fsp3) is 0.197. The average molecular weight is 1280 g/mol. The zero-order valence-corrected chi connectivity index (χ0v) is 49.3. The lowest BCUT2D eigenvalue weighted by Gasteiger charge is -2.37. The van der Waals surface area contributed by atoms with Crippen LogP contribution in [0, 0.1) is 57.3 Å². The first-order chi connectivity index (χ1) is 44.5. The molecule has 0 saturated heterocycles. The van der Waals surface area contributed by atoms with Crippen molar-refractivity contribution in [1.82, 2.24) is 10.3 Å². The number of hydrogen-bond acceptors (Lipinski definition) is 20. The number of halogens is 4. The summed E-state index contributed by atoms with van der Waals surface area (Å²) in [4.78, 5) is 97.9. The van der Waals surface area contributed by atoms with Crippen molar-refractivity contribution in [2.24, 2.45) is 0 Å². The Labute approximate surface area is 523 Å². The standard InChI is InChI=1S/C37H31F2N3O12.C24H14F2O7.C5H5N/c1-20-14-32-27(17-29(20)38)37(28-18-30(39)34(52-21(2)43)19-33(28)53-32)26-15-23(6-8-25(26)36(45)54-37)35(44)40-9-11-51-13-12-50-10-3-4-22-5-7-24(41(46)47)16-31(22)42(48)49;1-11-5-20-16(7-18(11)25)24(15-6-13(30-10-27)3-4-14(15)23(29)33-24)17-8-19(26)22(31-12(2)28)9-21(17)32-20;1-2-4-6-5-3-1/h5-8,14-19H,3-4,9-13H2,1-2H3,(H,40,44);3-10H,1-2H3;1-5H. The molecule has 0 fully saturated rings. The van der Waals surface area contributed by atoms with Crippen LogP contribution in [0.25, 0.3) is 0 Å². The molecule has 0 radical (unpaired) electrons. The van der Waals surface area contributed by atoms with Crippen molar-refractivity contribution in [2.45, 2.75) is 51.7 Å². The zero-order chi connectivity index (χ0) is 66.5. The third kappa shape index (κ3) is 13.0. The van der Waals surface area contributed by atoms with Crippen LogP contribution in [0.15, 0.2) is 134 Å². The Hall–Kier alpha value is -11.5. The smallest absolute Gasteiger partial charge is 0.340 e. The number of pyridine rings is 1. The fourth-order valence-corrected chi connectivity index (χ4v) is 10.8. The number of esters is 4. The van der Waals surface area contributed by atoms with Crippen molar-refractivity contribution in [3.63, 3.8) is 0 Å². The number of carbonyl (C=O) groups is 6. The van der Waals surface area contributed by atoms with E-state index in [4.69, 9.17) is 42.6 Å². The predicted molar refractivity (Wildman–Crippen MR) is 314 cm³/mol. The van der Waals surface area contributed by atoms with Crippen molar-refractivity contribution < 1.29 is 98.8 Å². The number of non-ortho nitro benzene ring substituents is 1. The van der Waals surface area contributed by atoms with Gasteiger partial charge in [-0.05, 0) is 129 Å². The summed E-state index contributed by atoms with van der Waals surface area (Å²) in [5, 5.41) is 24.9. The van der Waals surface area contributed by atoms with E-state index in [0.717, 1.165) is 56.3 Å². The van der Waals surface area contributed by atoms with E-state index >= 15 is 8.78 Å². The molecule has 2 spiro atoms. The minimum Gasteiger partial charge on any atom is -0.456 e. The van der Waals surface area contributed by atoms with Crippen LogP contribution in [0.3, 0.4) is 0 Å². The molecule has 27 heteroatoms. The number of benzene rings is 7. The van der Waals surface area contributed by atoms with E-state index in [9.17, 15) is 57.8 Å². The van der Waals surface area contributed by atoms with Crippen molar-refractivity contribution in [3.8, 4) is 40.2 Å². The number of amides is 1. The Bertz CT molecular complexity index is 4350. The third-order valence-corrected chi connectivity index (χ3v) is 14.9. The molecule has 8 aromatic rings. The summed E-state index contributed by atoms with van der Waals surface area (Å²) in [5.41, 5.74) is -2.72. The molecule has 2 unspecified atom stereocenters. The molecule has 1 amide bonds.